The third-order valence-electron chi connectivity index (χ3n) is 6.06. The van der Waals surface area contributed by atoms with Crippen LogP contribution in [-0.4, -0.2) is 52.3 Å². The van der Waals surface area contributed by atoms with E-state index in [0.717, 1.165) is 11.1 Å². The number of ether oxygens (including phenoxy) is 5. The molecule has 10 nitrogen and oxygen atoms in total. The van der Waals surface area contributed by atoms with Crippen molar-refractivity contribution in [2.24, 2.45) is 5.41 Å². The third kappa shape index (κ3) is 8.07. The van der Waals surface area contributed by atoms with Gasteiger partial charge in [-0.1, -0.05) is 17.2 Å². The minimum Gasteiger partial charge on any atom is 0 e. The van der Waals surface area contributed by atoms with Crippen LogP contribution in [0.15, 0.2) is 35.1 Å². The first-order chi connectivity index (χ1) is 16.9. The smallest absolute Gasteiger partial charge is 0 e. The third-order valence-corrected chi connectivity index (χ3v) is 6.06. The van der Waals surface area contributed by atoms with E-state index < -0.39 is 23.1 Å². The van der Waals surface area contributed by atoms with Crippen molar-refractivity contribution in [1.29, 1.82) is 0 Å². The number of carbonyl (C=O) groups excluding carboxylic acids is 2. The number of allylic oxidation sites excluding steroid dienone is 4. The summed E-state index contributed by atoms with van der Waals surface area (Å²) in [6, 6.07) is 0. The molecule has 36 heavy (non-hydrogen) atoms. The second-order valence-corrected chi connectivity index (χ2v) is 7.61. The van der Waals surface area contributed by atoms with E-state index >= 15 is 0 Å². The van der Waals surface area contributed by atoms with Gasteiger partial charge >= 0.3 is 45.8 Å². The maximum atomic E-state index is 13.0. The van der Waals surface area contributed by atoms with E-state index in [-0.39, 0.29) is 23.5 Å². The van der Waals surface area contributed by atoms with Gasteiger partial charge in [-0.15, -0.1) is 0 Å². The first-order valence-corrected chi connectivity index (χ1v) is 10.4. The molecule has 3 rings (SSSR count). The summed E-state index contributed by atoms with van der Waals surface area (Å²) in [4.78, 5) is 26.0. The van der Waals surface area contributed by atoms with E-state index in [1.807, 2.05) is 13.0 Å². The Bertz CT molecular complexity index is 845. The molecule has 1 saturated heterocycles. The van der Waals surface area contributed by atoms with Crippen LogP contribution in [0.5, 0.6) is 0 Å². The molecule has 11 heteroatoms. The van der Waals surface area contributed by atoms with Gasteiger partial charge in [0.2, 0.25) is 0 Å². The Kier molecular flexibility index (Phi) is 17.8. The fourth-order valence-electron chi connectivity index (χ4n) is 4.42. The Labute approximate surface area is 222 Å². The maximum Gasteiger partial charge on any atom is 0 e. The van der Waals surface area contributed by atoms with Crippen LogP contribution in [-0.2, 0) is 64.3 Å². The molecule has 197 valence electrons. The summed E-state index contributed by atoms with van der Waals surface area (Å²) >= 11 is 0. The van der Waals surface area contributed by atoms with Crippen molar-refractivity contribution in [2.75, 3.05) is 34.5 Å². The Hall–Kier alpha value is -2.38. The van der Waals surface area contributed by atoms with Crippen molar-refractivity contribution in [3.63, 3.8) is 0 Å². The number of methoxy groups -OCH3 is 3. The van der Waals surface area contributed by atoms with Gasteiger partial charge in [0.05, 0.1) is 34.5 Å². The zero-order valence-electron chi connectivity index (χ0n) is 20.6. The predicted octanol–water partition coefficient (Wildman–Crippen LogP) is 2.90. The van der Waals surface area contributed by atoms with Crippen LogP contribution in [0, 0.1) is 31.3 Å². The molecule has 1 radical (unpaired) electrons. The molecule has 0 atom stereocenters. The zero-order chi connectivity index (χ0) is 27.1. The Balaban J connectivity index is 0. The van der Waals surface area contributed by atoms with E-state index in [0.29, 0.717) is 50.6 Å². The predicted molar refractivity (Wildman–Crippen MR) is 116 cm³/mol. The van der Waals surface area contributed by atoms with Gasteiger partial charge in [-0.3, -0.25) is 9.59 Å². The van der Waals surface area contributed by atoms with Crippen LogP contribution in [0.25, 0.3) is 0 Å². The number of carbonyl (C=O) groups is 2. The molecule has 3 aliphatic rings. The fourth-order valence-corrected chi connectivity index (χ4v) is 4.42. The van der Waals surface area contributed by atoms with Crippen LogP contribution in [0.4, 0.5) is 0 Å². The van der Waals surface area contributed by atoms with E-state index in [1.54, 1.807) is 19.3 Å². The number of esters is 2. The molecule has 0 aromatic carbocycles. The van der Waals surface area contributed by atoms with Crippen LogP contribution in [0.1, 0.15) is 39.0 Å². The largest absolute Gasteiger partial charge is 0 e. The monoisotopic (exact) mass is 545 g/mol. The van der Waals surface area contributed by atoms with E-state index in [2.05, 4.69) is 20.0 Å². The first kappa shape index (κ1) is 35.8. The molecule has 0 amide bonds. The molecular formula is C25H29FeO10. The summed E-state index contributed by atoms with van der Waals surface area (Å²) in [6.07, 6.45) is 7.95. The standard InChI is InChI=1S/C22H29O7.3CO.Fe/c1-15-13-21(28-11-12-29-21)10-9-16(15)14-22(19(23)26-3,20(24)27-4)17-5-7-18(25-2)8-6-17;3*1-2;/h5,7-8H,6,9-14H2,1-4H3;;;;. The summed E-state index contributed by atoms with van der Waals surface area (Å²) in [6.45, 7) is 16.7. The van der Waals surface area contributed by atoms with Gasteiger partial charge in [0.25, 0.3) is 0 Å². The molecule has 0 bridgehead atoms. The van der Waals surface area contributed by atoms with Gasteiger partial charge in [-0.25, -0.2) is 0 Å². The summed E-state index contributed by atoms with van der Waals surface area (Å²) in [5, 5.41) is 0. The summed E-state index contributed by atoms with van der Waals surface area (Å²) in [5.74, 6) is -0.492. The quantitative estimate of drug-likeness (QED) is 0.125. The average molecular weight is 545 g/mol. The Morgan fingerprint density at radius 3 is 1.92 bits per heavy atom. The molecule has 1 aliphatic heterocycles. The Morgan fingerprint density at radius 2 is 1.53 bits per heavy atom. The molecule has 1 fully saturated rings. The van der Waals surface area contributed by atoms with E-state index in [1.165, 1.54) is 14.2 Å². The topological polar surface area (TPSA) is 140 Å². The average Bonchev–Trinajstić information content (AvgIpc) is 3.38. The second kappa shape index (κ2) is 18.0. The SMILES string of the molecule is COC(=O)C(CC1=C(C)CC2(CC1)OCCO2)([C]1C=CC(OC)=CC1)C(=O)OC.[C-]#[O+].[C-]#[O+].[C-]#[O+].[Fe]. The number of hydrogen-bond acceptors (Lipinski definition) is 7. The minimum absolute atomic E-state index is 0. The molecule has 1 heterocycles. The van der Waals surface area contributed by atoms with Gasteiger partial charge < -0.3 is 23.7 Å². The van der Waals surface area contributed by atoms with Crippen molar-refractivity contribution < 1.29 is 64.3 Å². The molecule has 0 N–H and O–H groups in total. The van der Waals surface area contributed by atoms with Crippen LogP contribution in [0.3, 0.4) is 0 Å². The maximum absolute atomic E-state index is 13.0. The van der Waals surface area contributed by atoms with Gasteiger partial charge in [-0.2, -0.15) is 0 Å². The van der Waals surface area contributed by atoms with Crippen LogP contribution < -0.4 is 0 Å². The molecular weight excluding hydrogens is 516 g/mol. The normalized spacial score (nSPS) is 17.8. The minimum atomic E-state index is -1.53. The molecule has 2 aliphatic carbocycles. The van der Waals surface area contributed by atoms with E-state index in [9.17, 15) is 9.59 Å². The molecule has 0 aromatic heterocycles. The van der Waals surface area contributed by atoms with Gasteiger partial charge in [0.15, 0.2) is 11.2 Å². The van der Waals surface area contributed by atoms with Crippen LogP contribution >= 0.6 is 0 Å². The Morgan fingerprint density at radius 1 is 1.00 bits per heavy atom. The number of hydrogen-bond donors (Lipinski definition) is 0. The number of rotatable bonds is 6. The van der Waals surface area contributed by atoms with Crippen molar-refractivity contribution in [2.45, 2.75) is 44.8 Å². The zero-order valence-corrected chi connectivity index (χ0v) is 21.7. The van der Waals surface area contributed by atoms with Gasteiger partial charge in [0.1, 0.15) is 5.76 Å². The fraction of sp³-hybridized carbons (Fsp3) is 0.520. The van der Waals surface area contributed by atoms with Gasteiger partial charge in [0, 0.05) is 35.8 Å². The summed E-state index contributed by atoms with van der Waals surface area (Å²) in [7, 11) is 4.16. The first-order valence-electron chi connectivity index (χ1n) is 10.4. The van der Waals surface area contributed by atoms with Crippen molar-refractivity contribution in [1.82, 2.24) is 0 Å². The second-order valence-electron chi connectivity index (χ2n) is 7.61. The molecule has 0 unspecified atom stereocenters. The molecule has 0 aromatic rings. The van der Waals surface area contributed by atoms with Crippen LogP contribution in [0.2, 0.25) is 0 Å². The van der Waals surface area contributed by atoms with Crippen molar-refractivity contribution in [3.05, 3.63) is 61.0 Å². The molecule has 0 saturated carbocycles. The van der Waals surface area contributed by atoms with Crippen molar-refractivity contribution >= 4 is 11.9 Å². The summed E-state index contributed by atoms with van der Waals surface area (Å²) < 4.78 is 49.6. The molecule has 1 spiro atoms. The van der Waals surface area contributed by atoms with Gasteiger partial charge in [-0.05, 0) is 38.3 Å². The van der Waals surface area contributed by atoms with Crippen molar-refractivity contribution in [3.8, 4) is 0 Å². The summed E-state index contributed by atoms with van der Waals surface area (Å²) in [5.41, 5.74) is 0.575. The van der Waals surface area contributed by atoms with E-state index in [4.69, 9.17) is 37.6 Å².